The van der Waals surface area contributed by atoms with Crippen molar-refractivity contribution >= 4 is 29.3 Å². The minimum absolute atomic E-state index is 0.0744. The Hall–Kier alpha value is -2.27. The van der Waals surface area contributed by atoms with Gasteiger partial charge in [-0.2, -0.15) is 0 Å². The molecule has 2 N–H and O–H groups in total. The molecule has 2 aromatic carbocycles. The first-order valence-corrected chi connectivity index (χ1v) is 10.5. The van der Waals surface area contributed by atoms with Crippen LogP contribution in [0.25, 0.3) is 0 Å². The van der Waals surface area contributed by atoms with Gasteiger partial charge in [-0.15, -0.1) is 0 Å². The van der Waals surface area contributed by atoms with Gasteiger partial charge in [-0.25, -0.2) is 0 Å². The summed E-state index contributed by atoms with van der Waals surface area (Å²) >= 11 is 1.55. The van der Waals surface area contributed by atoms with Gasteiger partial charge >= 0.3 is 0 Å². The highest BCUT2D eigenvalue weighted by atomic mass is 32.2. The molecule has 1 saturated carbocycles. The molecule has 27 heavy (non-hydrogen) atoms. The van der Waals surface area contributed by atoms with Crippen molar-refractivity contribution in [2.24, 2.45) is 5.92 Å². The Bertz CT molecular complexity index is 859. The number of carbonyl (C=O) groups is 2. The maximum Gasteiger partial charge on any atom is 0.256 e. The van der Waals surface area contributed by atoms with Crippen LogP contribution in [0.3, 0.4) is 0 Å². The first-order chi connectivity index (χ1) is 13.2. The molecule has 0 saturated heterocycles. The van der Waals surface area contributed by atoms with E-state index in [9.17, 15) is 9.59 Å². The van der Waals surface area contributed by atoms with Crippen molar-refractivity contribution in [1.82, 2.24) is 5.32 Å². The molecule has 140 valence electrons. The molecule has 0 aromatic heterocycles. The molecule has 2 amide bonds. The number of carbonyl (C=O) groups excluding carboxylic acids is 2. The van der Waals surface area contributed by atoms with Gasteiger partial charge in [-0.3, -0.25) is 9.59 Å². The summed E-state index contributed by atoms with van der Waals surface area (Å²) in [7, 11) is 0. The van der Waals surface area contributed by atoms with E-state index in [0.717, 1.165) is 22.1 Å². The van der Waals surface area contributed by atoms with Crippen molar-refractivity contribution in [3.8, 4) is 0 Å². The Kier molecular flexibility index (Phi) is 5.48. The van der Waals surface area contributed by atoms with Gasteiger partial charge in [0.1, 0.15) is 0 Å². The van der Waals surface area contributed by atoms with Crippen LogP contribution in [0.15, 0.2) is 52.3 Å². The van der Waals surface area contributed by atoms with Gasteiger partial charge in [0.25, 0.3) is 11.8 Å². The highest BCUT2D eigenvalue weighted by Gasteiger charge is 2.21. The standard InChI is InChI=1S/C22H24N2O2S/c25-21(23-13-12-15-6-2-1-3-7-15)16-10-11-20-18(14-16)24-22(26)17-8-4-5-9-19(17)27-20/h4-5,8-11,14-15H,1-3,6-7,12-13H2,(H,23,25)(H,24,26). The fourth-order valence-electron chi connectivity index (χ4n) is 3.88. The second-order valence-electron chi connectivity index (χ2n) is 7.31. The Morgan fingerprint density at radius 3 is 2.74 bits per heavy atom. The largest absolute Gasteiger partial charge is 0.352 e. The lowest BCUT2D eigenvalue weighted by Crippen LogP contribution is -2.26. The van der Waals surface area contributed by atoms with E-state index >= 15 is 0 Å². The predicted octanol–water partition coefficient (Wildman–Crippen LogP) is 5.10. The van der Waals surface area contributed by atoms with Crippen LogP contribution >= 0.6 is 11.8 Å². The quantitative estimate of drug-likeness (QED) is 0.775. The molecule has 0 atom stereocenters. The maximum absolute atomic E-state index is 12.5. The monoisotopic (exact) mass is 380 g/mol. The van der Waals surface area contributed by atoms with Gasteiger partial charge in [-0.1, -0.05) is 56.0 Å². The molecule has 2 aromatic rings. The van der Waals surface area contributed by atoms with Crippen LogP contribution < -0.4 is 10.6 Å². The number of hydrogen-bond donors (Lipinski definition) is 2. The second kappa shape index (κ2) is 8.17. The van der Waals surface area contributed by atoms with E-state index in [1.807, 2.05) is 36.4 Å². The van der Waals surface area contributed by atoms with Gasteiger partial charge in [0.2, 0.25) is 0 Å². The molecule has 1 aliphatic heterocycles. The molecule has 5 heteroatoms. The third kappa shape index (κ3) is 4.19. The number of amides is 2. The van der Waals surface area contributed by atoms with Crippen LogP contribution in [0.1, 0.15) is 59.2 Å². The van der Waals surface area contributed by atoms with Crippen LogP contribution in [0.5, 0.6) is 0 Å². The smallest absolute Gasteiger partial charge is 0.256 e. The van der Waals surface area contributed by atoms with Crippen LogP contribution in [0.2, 0.25) is 0 Å². The van der Waals surface area contributed by atoms with E-state index in [4.69, 9.17) is 0 Å². The molecule has 1 heterocycles. The van der Waals surface area contributed by atoms with E-state index in [1.165, 1.54) is 32.1 Å². The molecule has 4 nitrogen and oxygen atoms in total. The lowest BCUT2D eigenvalue weighted by molar-refractivity contribution is 0.0949. The van der Waals surface area contributed by atoms with Crippen molar-refractivity contribution in [2.45, 2.75) is 48.3 Å². The minimum Gasteiger partial charge on any atom is -0.352 e. The number of fused-ring (bicyclic) bond motifs is 2. The van der Waals surface area contributed by atoms with Crippen molar-refractivity contribution in [1.29, 1.82) is 0 Å². The fourth-order valence-corrected chi connectivity index (χ4v) is 4.89. The summed E-state index contributed by atoms with van der Waals surface area (Å²) in [5.41, 5.74) is 1.95. The summed E-state index contributed by atoms with van der Waals surface area (Å²) in [5, 5.41) is 5.98. The van der Waals surface area contributed by atoms with Crippen molar-refractivity contribution in [2.75, 3.05) is 11.9 Å². The molecular weight excluding hydrogens is 356 g/mol. The van der Waals surface area contributed by atoms with E-state index < -0.39 is 0 Å². The zero-order chi connectivity index (χ0) is 18.6. The van der Waals surface area contributed by atoms with Crippen LogP contribution in [0, 0.1) is 5.92 Å². The summed E-state index contributed by atoms with van der Waals surface area (Å²) in [6.07, 6.45) is 7.63. The number of rotatable bonds is 4. The predicted molar refractivity (Wildman–Crippen MR) is 108 cm³/mol. The van der Waals surface area contributed by atoms with Crippen molar-refractivity contribution in [3.63, 3.8) is 0 Å². The van der Waals surface area contributed by atoms with Crippen LogP contribution in [-0.2, 0) is 0 Å². The molecular formula is C22H24N2O2S. The summed E-state index contributed by atoms with van der Waals surface area (Å²) in [6, 6.07) is 13.1. The Morgan fingerprint density at radius 1 is 1.07 bits per heavy atom. The Labute approximate surface area is 164 Å². The van der Waals surface area contributed by atoms with Gasteiger partial charge in [0, 0.05) is 21.9 Å². The lowest BCUT2D eigenvalue weighted by Gasteiger charge is -2.21. The normalized spacial score (nSPS) is 16.7. The molecule has 2 aliphatic rings. The van der Waals surface area contributed by atoms with Crippen molar-refractivity contribution < 1.29 is 9.59 Å². The van der Waals surface area contributed by atoms with Gasteiger partial charge in [0.15, 0.2) is 0 Å². The third-order valence-corrected chi connectivity index (χ3v) is 6.56. The topological polar surface area (TPSA) is 58.2 Å². The molecule has 0 unspecified atom stereocenters. The lowest BCUT2D eigenvalue weighted by atomic mass is 9.87. The van der Waals surface area contributed by atoms with E-state index in [1.54, 1.807) is 17.8 Å². The molecule has 0 spiro atoms. The Morgan fingerprint density at radius 2 is 1.89 bits per heavy atom. The van der Waals surface area contributed by atoms with Crippen molar-refractivity contribution in [3.05, 3.63) is 53.6 Å². The molecule has 0 radical (unpaired) electrons. The highest BCUT2D eigenvalue weighted by Crippen LogP contribution is 2.39. The second-order valence-corrected chi connectivity index (χ2v) is 8.40. The molecule has 0 bridgehead atoms. The minimum atomic E-state index is -0.133. The van der Waals surface area contributed by atoms with Crippen LogP contribution in [-0.4, -0.2) is 18.4 Å². The number of anilines is 1. The van der Waals surface area contributed by atoms with Gasteiger partial charge in [-0.05, 0) is 42.7 Å². The number of hydrogen-bond acceptors (Lipinski definition) is 3. The summed E-state index contributed by atoms with van der Waals surface area (Å²) in [6.45, 7) is 0.715. The highest BCUT2D eigenvalue weighted by molar-refractivity contribution is 7.99. The maximum atomic E-state index is 12.5. The SMILES string of the molecule is O=C(NCCC1CCCCC1)c1ccc2c(c1)NC(=O)c1ccccc1S2. The van der Waals surface area contributed by atoms with E-state index in [-0.39, 0.29) is 11.8 Å². The third-order valence-electron chi connectivity index (χ3n) is 5.40. The average Bonchev–Trinajstić information content (AvgIpc) is 2.84. The summed E-state index contributed by atoms with van der Waals surface area (Å²) in [4.78, 5) is 26.9. The summed E-state index contributed by atoms with van der Waals surface area (Å²) < 4.78 is 0. The number of benzene rings is 2. The van der Waals surface area contributed by atoms with Gasteiger partial charge < -0.3 is 10.6 Å². The summed E-state index contributed by atoms with van der Waals surface area (Å²) in [5.74, 6) is 0.543. The molecule has 4 rings (SSSR count). The zero-order valence-electron chi connectivity index (χ0n) is 15.3. The average molecular weight is 381 g/mol. The van der Waals surface area contributed by atoms with E-state index in [2.05, 4.69) is 10.6 Å². The Balaban J connectivity index is 1.43. The van der Waals surface area contributed by atoms with E-state index in [0.29, 0.717) is 23.4 Å². The molecule has 1 aliphatic carbocycles. The van der Waals surface area contributed by atoms with Gasteiger partial charge in [0.05, 0.1) is 11.3 Å². The number of nitrogens with one attached hydrogen (secondary N) is 2. The van der Waals surface area contributed by atoms with Crippen LogP contribution in [0.4, 0.5) is 5.69 Å². The first kappa shape index (κ1) is 18.1. The zero-order valence-corrected chi connectivity index (χ0v) is 16.1. The first-order valence-electron chi connectivity index (χ1n) is 9.71. The fraction of sp³-hybridized carbons (Fsp3) is 0.364. The molecule has 1 fully saturated rings.